The number of hydrogen-bond acceptors (Lipinski definition) is 15. The summed E-state index contributed by atoms with van der Waals surface area (Å²) in [6.45, 7) is 7.15. The van der Waals surface area contributed by atoms with Gasteiger partial charge in [0.05, 0.1) is 26.4 Å². The van der Waals surface area contributed by atoms with Gasteiger partial charge in [-0.2, -0.15) is 0 Å². The molecule has 0 aromatic heterocycles. The summed E-state index contributed by atoms with van der Waals surface area (Å²) in [7, 11) is -9.88. The fourth-order valence-corrected chi connectivity index (χ4v) is 11.0. The minimum atomic E-state index is -4.94. The van der Waals surface area contributed by atoms with Crippen LogP contribution in [0.3, 0.4) is 0 Å². The highest BCUT2D eigenvalue weighted by atomic mass is 31.2. The number of rotatable bonds is 63. The fourth-order valence-electron chi connectivity index (χ4n) is 9.37. The van der Waals surface area contributed by atoms with Gasteiger partial charge in [-0.05, 0) is 31.6 Å². The highest BCUT2D eigenvalue weighted by Gasteiger charge is 2.30. The summed E-state index contributed by atoms with van der Waals surface area (Å²) < 4.78 is 67.9. The number of carbonyl (C=O) groups is 4. The number of phosphoric acid groups is 2. The molecule has 0 fully saturated rings. The molecule has 19 heteroatoms. The molecule has 0 spiro atoms. The lowest BCUT2D eigenvalue weighted by molar-refractivity contribution is -0.161. The first kappa shape index (κ1) is 80.1. The fraction of sp³-hybridized carbons (Fsp3) is 0.937. The second kappa shape index (κ2) is 56.8. The van der Waals surface area contributed by atoms with Crippen molar-refractivity contribution in [3.8, 4) is 0 Å². The number of carbonyl (C=O) groups excluding carboxylic acids is 4. The third-order valence-electron chi connectivity index (χ3n) is 14.9. The Kier molecular flexibility index (Phi) is 55.5. The molecule has 0 heterocycles. The number of aliphatic hydroxyl groups is 1. The van der Waals surface area contributed by atoms with Gasteiger partial charge in [-0.3, -0.25) is 37.3 Å². The van der Waals surface area contributed by atoms with Crippen LogP contribution in [0.1, 0.15) is 317 Å². The minimum absolute atomic E-state index is 0.105. The maximum absolute atomic E-state index is 13.0. The first-order valence-corrected chi connectivity index (χ1v) is 36.2. The molecule has 3 unspecified atom stereocenters. The zero-order chi connectivity index (χ0) is 60.6. The Labute approximate surface area is 498 Å². The van der Waals surface area contributed by atoms with E-state index in [0.717, 1.165) is 102 Å². The molecule has 0 amide bonds. The highest BCUT2D eigenvalue weighted by molar-refractivity contribution is 7.47. The zero-order valence-corrected chi connectivity index (χ0v) is 54.4. The summed E-state index contributed by atoms with van der Waals surface area (Å²) in [4.78, 5) is 72.1. The summed E-state index contributed by atoms with van der Waals surface area (Å²) >= 11 is 0. The van der Waals surface area contributed by atoms with Gasteiger partial charge in [0.25, 0.3) is 0 Å². The second-order valence-corrected chi connectivity index (χ2v) is 25.9. The summed E-state index contributed by atoms with van der Waals surface area (Å²) in [5, 5.41) is 10.5. The van der Waals surface area contributed by atoms with Crippen molar-refractivity contribution in [3.05, 3.63) is 0 Å². The van der Waals surface area contributed by atoms with Crippen LogP contribution in [0, 0.1) is 5.92 Å². The topological polar surface area (TPSA) is 237 Å². The van der Waals surface area contributed by atoms with Crippen LogP contribution in [0.5, 0.6) is 0 Å². The van der Waals surface area contributed by atoms with Crippen molar-refractivity contribution in [3.63, 3.8) is 0 Å². The second-order valence-electron chi connectivity index (χ2n) is 23.0. The standard InChI is InChI=1S/C63H122O17P2/c1-6-10-13-16-19-22-24-26-32-37-42-47-61(66)74-53-59(80-63(68)49-44-39-34-29-28-30-35-40-45-56(5)9-4)55-78-82(71,72)76-51-57(64)50-75-81(69,70)77-54-58(52-73-60(65)46-41-36-31-21-18-15-12-8-3)79-62(67)48-43-38-33-27-25-23-20-17-14-11-7-2/h56-59,64H,6-55H2,1-5H3,(H,69,70)(H,71,72)/t56?,57-,58+,59+/m0/s1. The van der Waals surface area contributed by atoms with Gasteiger partial charge in [0.15, 0.2) is 12.2 Å². The van der Waals surface area contributed by atoms with Crippen molar-refractivity contribution >= 4 is 39.5 Å². The Hall–Kier alpha value is -1.94. The van der Waals surface area contributed by atoms with Gasteiger partial charge in [-0.1, -0.05) is 266 Å². The largest absolute Gasteiger partial charge is 0.472 e. The lowest BCUT2D eigenvalue weighted by Gasteiger charge is -2.21. The quantitative estimate of drug-likeness (QED) is 0.0222. The number of ether oxygens (including phenoxy) is 4. The lowest BCUT2D eigenvalue weighted by Crippen LogP contribution is -2.30. The lowest BCUT2D eigenvalue weighted by atomic mass is 9.99. The average Bonchev–Trinajstić information content (AvgIpc) is 3.46. The van der Waals surface area contributed by atoms with Crippen LogP contribution in [0.4, 0.5) is 0 Å². The van der Waals surface area contributed by atoms with E-state index in [1.165, 1.54) is 135 Å². The summed E-state index contributed by atoms with van der Waals surface area (Å²) in [5.74, 6) is -1.37. The molecular weight excluding hydrogens is 1090 g/mol. The number of aliphatic hydroxyl groups excluding tert-OH is 1. The monoisotopic (exact) mass is 1210 g/mol. The molecule has 0 saturated heterocycles. The molecule has 0 aliphatic carbocycles. The average molecular weight is 1210 g/mol. The van der Waals surface area contributed by atoms with Crippen molar-refractivity contribution < 1.29 is 80.2 Å². The van der Waals surface area contributed by atoms with Gasteiger partial charge in [-0.15, -0.1) is 0 Å². The first-order chi connectivity index (χ1) is 39.6. The van der Waals surface area contributed by atoms with Crippen molar-refractivity contribution in [1.82, 2.24) is 0 Å². The Morgan fingerprint density at radius 3 is 0.866 bits per heavy atom. The molecule has 6 atom stereocenters. The van der Waals surface area contributed by atoms with Crippen LogP contribution in [-0.2, 0) is 65.4 Å². The maximum atomic E-state index is 13.0. The molecule has 82 heavy (non-hydrogen) atoms. The normalized spacial score (nSPS) is 14.6. The zero-order valence-electron chi connectivity index (χ0n) is 52.6. The van der Waals surface area contributed by atoms with E-state index in [0.29, 0.717) is 25.7 Å². The summed E-state index contributed by atoms with van der Waals surface area (Å²) in [6.07, 6.45) is 40.2. The molecule has 3 N–H and O–H groups in total. The number of phosphoric ester groups is 2. The van der Waals surface area contributed by atoms with Gasteiger partial charge < -0.3 is 33.8 Å². The number of esters is 4. The van der Waals surface area contributed by atoms with Crippen molar-refractivity contribution in [2.24, 2.45) is 5.92 Å². The minimum Gasteiger partial charge on any atom is -0.462 e. The van der Waals surface area contributed by atoms with Gasteiger partial charge in [0.2, 0.25) is 0 Å². The molecule has 0 rings (SSSR count). The predicted octanol–water partition coefficient (Wildman–Crippen LogP) is 17.4. The maximum Gasteiger partial charge on any atom is 0.472 e. The third-order valence-corrected chi connectivity index (χ3v) is 16.8. The van der Waals surface area contributed by atoms with E-state index >= 15 is 0 Å². The molecule has 0 bridgehead atoms. The van der Waals surface area contributed by atoms with E-state index in [2.05, 4.69) is 34.6 Å². The molecule has 0 aliphatic rings. The number of hydrogen-bond donors (Lipinski definition) is 3. The Morgan fingerprint density at radius 2 is 0.585 bits per heavy atom. The van der Waals surface area contributed by atoms with E-state index < -0.39 is 97.5 Å². The van der Waals surface area contributed by atoms with Crippen LogP contribution in [-0.4, -0.2) is 96.7 Å². The van der Waals surface area contributed by atoms with Gasteiger partial charge >= 0.3 is 39.5 Å². The molecule has 0 radical (unpaired) electrons. The Morgan fingerprint density at radius 1 is 0.341 bits per heavy atom. The number of unbranched alkanes of at least 4 members (excludes halogenated alkanes) is 34. The van der Waals surface area contributed by atoms with Crippen LogP contribution in [0.2, 0.25) is 0 Å². The Balaban J connectivity index is 5.23. The predicted molar refractivity (Wildman–Crippen MR) is 326 cm³/mol. The molecular formula is C63H122O17P2. The van der Waals surface area contributed by atoms with Crippen molar-refractivity contribution in [1.29, 1.82) is 0 Å². The highest BCUT2D eigenvalue weighted by Crippen LogP contribution is 2.45. The Bertz CT molecular complexity index is 1600. The molecule has 0 aromatic carbocycles. The summed E-state index contributed by atoms with van der Waals surface area (Å²) in [5.41, 5.74) is 0. The van der Waals surface area contributed by atoms with Crippen LogP contribution in [0.15, 0.2) is 0 Å². The van der Waals surface area contributed by atoms with E-state index in [4.69, 9.17) is 37.0 Å². The van der Waals surface area contributed by atoms with Crippen LogP contribution < -0.4 is 0 Å². The van der Waals surface area contributed by atoms with Crippen LogP contribution in [0.25, 0.3) is 0 Å². The molecule has 0 saturated carbocycles. The van der Waals surface area contributed by atoms with E-state index in [1.807, 2.05) is 0 Å². The molecule has 17 nitrogen and oxygen atoms in total. The van der Waals surface area contributed by atoms with Crippen molar-refractivity contribution in [2.45, 2.75) is 335 Å². The van der Waals surface area contributed by atoms with Crippen molar-refractivity contribution in [2.75, 3.05) is 39.6 Å². The van der Waals surface area contributed by atoms with E-state index in [1.54, 1.807) is 0 Å². The van der Waals surface area contributed by atoms with Gasteiger partial charge in [0.1, 0.15) is 19.3 Å². The smallest absolute Gasteiger partial charge is 0.462 e. The van der Waals surface area contributed by atoms with Gasteiger partial charge in [0, 0.05) is 25.7 Å². The third kappa shape index (κ3) is 55.9. The SMILES string of the molecule is CCCCCCCCCCCCCC(=O)OC[C@H](COP(=O)(O)OC[C@@H](O)COP(=O)(O)OC[C@@H](COC(=O)CCCCCCCCCC)OC(=O)CCCCCCCCCCCCC)OC(=O)CCCCCCCCCCC(C)CC. The molecule has 486 valence electrons. The molecule has 0 aromatic rings. The van der Waals surface area contributed by atoms with E-state index in [-0.39, 0.29) is 25.7 Å². The summed E-state index contributed by atoms with van der Waals surface area (Å²) in [6, 6.07) is 0. The van der Waals surface area contributed by atoms with Crippen LogP contribution >= 0.6 is 15.6 Å². The first-order valence-electron chi connectivity index (χ1n) is 33.2. The van der Waals surface area contributed by atoms with E-state index in [9.17, 15) is 43.2 Å². The molecule has 0 aliphatic heterocycles. The van der Waals surface area contributed by atoms with Gasteiger partial charge in [-0.25, -0.2) is 9.13 Å².